The van der Waals surface area contributed by atoms with Gasteiger partial charge in [-0.25, -0.2) is 18.7 Å². The topological polar surface area (TPSA) is 37.8 Å². The highest BCUT2D eigenvalue weighted by atomic mass is 32.1. The van der Waals surface area contributed by atoms with Crippen LogP contribution in [0.2, 0.25) is 0 Å². The second-order valence-corrected chi connectivity index (χ2v) is 3.55. The van der Waals surface area contributed by atoms with E-state index in [9.17, 15) is 8.78 Å². The summed E-state index contributed by atoms with van der Waals surface area (Å²) in [5.74, 6) is 0.477. The lowest BCUT2D eigenvalue weighted by Crippen LogP contribution is -2.11. The number of nitrogens with zero attached hydrogens (tertiary/aromatic N) is 2. The van der Waals surface area contributed by atoms with Gasteiger partial charge in [-0.3, -0.25) is 0 Å². The Balaban J connectivity index is 2.27. The molecular weight excluding hydrogens is 208 g/mol. The van der Waals surface area contributed by atoms with Crippen LogP contribution in [0.1, 0.15) is 0 Å². The molecule has 6 heteroatoms. The zero-order valence-corrected chi connectivity index (χ0v) is 7.89. The summed E-state index contributed by atoms with van der Waals surface area (Å²) in [6, 6.07) is 1.83. The van der Waals surface area contributed by atoms with Crippen LogP contribution in [0, 0.1) is 0 Å². The SMILES string of the molecule is FC(F)CNc1ncnc2ccsc12. The van der Waals surface area contributed by atoms with Crippen molar-refractivity contribution in [2.24, 2.45) is 0 Å². The third-order valence-electron chi connectivity index (χ3n) is 1.67. The Labute approximate surface area is 82.8 Å². The van der Waals surface area contributed by atoms with E-state index >= 15 is 0 Å². The summed E-state index contributed by atoms with van der Waals surface area (Å²) in [5.41, 5.74) is 0.779. The Morgan fingerprint density at radius 1 is 1.43 bits per heavy atom. The molecule has 2 aromatic heterocycles. The lowest BCUT2D eigenvalue weighted by atomic mass is 10.4. The average Bonchev–Trinajstić information content (AvgIpc) is 2.62. The number of aromatic nitrogens is 2. The van der Waals surface area contributed by atoms with Crippen LogP contribution in [0.5, 0.6) is 0 Å². The maximum Gasteiger partial charge on any atom is 0.255 e. The summed E-state index contributed by atoms with van der Waals surface area (Å²) in [4.78, 5) is 7.91. The van der Waals surface area contributed by atoms with E-state index in [0.717, 1.165) is 10.2 Å². The van der Waals surface area contributed by atoms with Crippen LogP contribution in [-0.4, -0.2) is 22.9 Å². The van der Waals surface area contributed by atoms with Crippen LogP contribution >= 0.6 is 11.3 Å². The van der Waals surface area contributed by atoms with Crippen molar-refractivity contribution in [3.05, 3.63) is 17.8 Å². The molecule has 0 spiro atoms. The van der Waals surface area contributed by atoms with Gasteiger partial charge in [0.25, 0.3) is 6.43 Å². The Morgan fingerprint density at radius 2 is 2.29 bits per heavy atom. The number of fused-ring (bicyclic) bond motifs is 1. The molecule has 0 aromatic carbocycles. The van der Waals surface area contributed by atoms with Crippen molar-refractivity contribution >= 4 is 27.4 Å². The van der Waals surface area contributed by atoms with E-state index in [4.69, 9.17) is 0 Å². The van der Waals surface area contributed by atoms with E-state index in [1.165, 1.54) is 17.7 Å². The summed E-state index contributed by atoms with van der Waals surface area (Å²) in [6.07, 6.45) is -1.01. The van der Waals surface area contributed by atoms with E-state index in [2.05, 4.69) is 15.3 Å². The molecule has 1 N–H and O–H groups in total. The molecular formula is C8H7F2N3S. The van der Waals surface area contributed by atoms with E-state index in [1.807, 2.05) is 11.4 Å². The van der Waals surface area contributed by atoms with Gasteiger partial charge >= 0.3 is 0 Å². The second-order valence-electron chi connectivity index (χ2n) is 2.63. The number of rotatable bonds is 3. The molecule has 0 saturated carbocycles. The molecule has 0 fully saturated rings. The van der Waals surface area contributed by atoms with Gasteiger partial charge in [0, 0.05) is 0 Å². The van der Waals surface area contributed by atoms with Crippen LogP contribution in [0.3, 0.4) is 0 Å². The summed E-state index contributed by atoms with van der Waals surface area (Å²) >= 11 is 1.43. The quantitative estimate of drug-likeness (QED) is 0.854. The fraction of sp³-hybridized carbons (Fsp3) is 0.250. The van der Waals surface area contributed by atoms with Gasteiger partial charge in [0.15, 0.2) is 0 Å². The molecule has 3 nitrogen and oxygen atoms in total. The minimum absolute atomic E-state index is 0.385. The molecule has 2 rings (SSSR count). The number of anilines is 1. The van der Waals surface area contributed by atoms with Gasteiger partial charge in [0.1, 0.15) is 12.1 Å². The predicted molar refractivity (Wildman–Crippen MR) is 51.9 cm³/mol. The molecule has 2 heterocycles. The van der Waals surface area contributed by atoms with E-state index < -0.39 is 6.43 Å². The monoisotopic (exact) mass is 215 g/mol. The molecule has 74 valence electrons. The van der Waals surface area contributed by atoms with Crippen molar-refractivity contribution < 1.29 is 8.78 Å². The molecule has 0 bridgehead atoms. The summed E-state index contributed by atoms with van der Waals surface area (Å²) in [5, 5.41) is 4.44. The van der Waals surface area contributed by atoms with Crippen LogP contribution in [0.25, 0.3) is 10.2 Å². The number of hydrogen-bond acceptors (Lipinski definition) is 4. The number of hydrogen-bond donors (Lipinski definition) is 1. The van der Waals surface area contributed by atoms with Crippen molar-refractivity contribution in [2.45, 2.75) is 6.43 Å². The third-order valence-corrected chi connectivity index (χ3v) is 2.58. The van der Waals surface area contributed by atoms with Gasteiger partial charge in [0.2, 0.25) is 0 Å². The summed E-state index contributed by atoms with van der Waals surface area (Å²) in [7, 11) is 0. The molecule has 0 radical (unpaired) electrons. The lowest BCUT2D eigenvalue weighted by molar-refractivity contribution is 0.163. The third kappa shape index (κ3) is 1.79. The minimum atomic E-state index is -2.38. The number of alkyl halides is 2. The van der Waals surface area contributed by atoms with Gasteiger partial charge in [0.05, 0.1) is 16.8 Å². The van der Waals surface area contributed by atoms with Gasteiger partial charge in [-0.05, 0) is 11.4 Å². The Bertz CT molecular complexity index is 429. The highest BCUT2D eigenvalue weighted by Gasteiger charge is 2.07. The highest BCUT2D eigenvalue weighted by molar-refractivity contribution is 7.17. The zero-order valence-electron chi connectivity index (χ0n) is 7.08. The van der Waals surface area contributed by atoms with Crippen LogP contribution in [0.4, 0.5) is 14.6 Å². The Morgan fingerprint density at radius 3 is 3.07 bits per heavy atom. The highest BCUT2D eigenvalue weighted by Crippen LogP contribution is 2.24. The van der Waals surface area contributed by atoms with E-state index in [0.29, 0.717) is 5.82 Å². The molecule has 0 unspecified atom stereocenters. The smallest absolute Gasteiger partial charge is 0.255 e. The summed E-state index contributed by atoms with van der Waals surface area (Å²) in [6.45, 7) is -0.385. The number of thiophene rings is 1. The molecule has 14 heavy (non-hydrogen) atoms. The van der Waals surface area contributed by atoms with Crippen molar-refractivity contribution in [3.8, 4) is 0 Å². The van der Waals surface area contributed by atoms with Crippen LogP contribution in [0.15, 0.2) is 17.8 Å². The molecule has 0 saturated heterocycles. The van der Waals surface area contributed by atoms with Crippen molar-refractivity contribution in [2.75, 3.05) is 11.9 Å². The number of halogens is 2. The first-order valence-electron chi connectivity index (χ1n) is 3.97. The van der Waals surface area contributed by atoms with Crippen molar-refractivity contribution in [1.82, 2.24) is 9.97 Å². The predicted octanol–water partition coefficient (Wildman–Crippen LogP) is 2.37. The van der Waals surface area contributed by atoms with Gasteiger partial charge < -0.3 is 5.32 Å². The first-order valence-corrected chi connectivity index (χ1v) is 4.85. The Hall–Kier alpha value is -1.30. The lowest BCUT2D eigenvalue weighted by Gasteiger charge is -2.04. The second kappa shape index (κ2) is 3.83. The molecule has 0 aliphatic heterocycles. The number of nitrogens with one attached hydrogen (secondary N) is 1. The zero-order chi connectivity index (χ0) is 9.97. The van der Waals surface area contributed by atoms with E-state index in [1.54, 1.807) is 0 Å². The molecule has 2 aromatic rings. The summed E-state index contributed by atoms with van der Waals surface area (Å²) < 4.78 is 24.7. The fourth-order valence-corrected chi connectivity index (χ4v) is 1.90. The van der Waals surface area contributed by atoms with Crippen molar-refractivity contribution in [1.29, 1.82) is 0 Å². The maximum absolute atomic E-state index is 11.9. The molecule has 0 atom stereocenters. The fourth-order valence-electron chi connectivity index (χ4n) is 1.09. The molecule has 0 aliphatic carbocycles. The standard InChI is InChI=1S/C8H7F2N3S/c9-6(10)3-11-8-7-5(1-2-14-7)12-4-13-8/h1-2,4,6H,3H2,(H,11,12,13). The first kappa shape index (κ1) is 9.26. The van der Waals surface area contributed by atoms with Gasteiger partial charge in [-0.2, -0.15) is 0 Å². The average molecular weight is 215 g/mol. The van der Waals surface area contributed by atoms with E-state index in [-0.39, 0.29) is 6.54 Å². The normalized spacial score (nSPS) is 11.1. The van der Waals surface area contributed by atoms with Crippen molar-refractivity contribution in [3.63, 3.8) is 0 Å². The molecule has 0 aliphatic rings. The maximum atomic E-state index is 11.9. The first-order chi connectivity index (χ1) is 6.77. The van der Waals surface area contributed by atoms with Crippen LogP contribution < -0.4 is 5.32 Å². The largest absolute Gasteiger partial charge is 0.363 e. The van der Waals surface area contributed by atoms with Gasteiger partial charge in [-0.15, -0.1) is 11.3 Å². The van der Waals surface area contributed by atoms with Crippen LogP contribution in [-0.2, 0) is 0 Å². The minimum Gasteiger partial charge on any atom is -0.363 e. The Kier molecular flexibility index (Phi) is 2.53. The molecule has 0 amide bonds. The van der Waals surface area contributed by atoms with Gasteiger partial charge in [-0.1, -0.05) is 0 Å².